The third-order valence-corrected chi connectivity index (χ3v) is 8.70. The number of carbonyl (C=O) groups is 3. The zero-order valence-corrected chi connectivity index (χ0v) is 26.6. The maximum Gasteiger partial charge on any atom is 0.323 e. The van der Waals surface area contributed by atoms with Crippen LogP contribution in [0, 0.1) is 5.92 Å². The normalized spacial score (nSPS) is 15.3. The van der Waals surface area contributed by atoms with Crippen molar-refractivity contribution >= 4 is 51.9 Å². The van der Waals surface area contributed by atoms with Gasteiger partial charge >= 0.3 is 6.03 Å². The Bertz CT molecular complexity index is 2040. The van der Waals surface area contributed by atoms with Crippen molar-refractivity contribution in [2.45, 2.75) is 19.4 Å². The van der Waals surface area contributed by atoms with Crippen LogP contribution >= 0.6 is 0 Å². The largest absolute Gasteiger partial charge is 0.452 e. The van der Waals surface area contributed by atoms with E-state index in [-0.39, 0.29) is 23.4 Å². The zero-order valence-electron chi connectivity index (χ0n) is 26.6. The number of amides is 3. The molecule has 1 fully saturated rings. The summed E-state index contributed by atoms with van der Waals surface area (Å²) >= 11 is 0. The number of piperidine rings is 1. The number of aryl methyl sites for hydroxylation is 1. The fourth-order valence-electron chi connectivity index (χ4n) is 6.35. The van der Waals surface area contributed by atoms with E-state index in [4.69, 9.17) is 4.74 Å². The van der Waals surface area contributed by atoms with Crippen LogP contribution in [0.1, 0.15) is 34.3 Å². The summed E-state index contributed by atoms with van der Waals surface area (Å²) in [5, 5.41) is 6.38. The third-order valence-electron chi connectivity index (χ3n) is 8.70. The molecule has 2 aliphatic rings. The molecule has 0 radical (unpaired) electrons. The number of rotatable bonds is 7. The summed E-state index contributed by atoms with van der Waals surface area (Å²) < 4.78 is 7.95. The first-order chi connectivity index (χ1) is 23.3. The number of nitrogens with one attached hydrogen (secondary N) is 2. The van der Waals surface area contributed by atoms with Gasteiger partial charge in [0.25, 0.3) is 0 Å². The minimum atomic E-state index is -0.453. The molecule has 3 amide bonds. The van der Waals surface area contributed by atoms with E-state index in [1.165, 1.54) is 0 Å². The van der Waals surface area contributed by atoms with Crippen LogP contribution in [0.25, 0.3) is 17.1 Å². The summed E-state index contributed by atoms with van der Waals surface area (Å²) in [5.74, 6) is 0.417. The lowest BCUT2D eigenvalue weighted by atomic mass is 9.94. The molecule has 0 bridgehead atoms. The van der Waals surface area contributed by atoms with Crippen LogP contribution in [0.4, 0.5) is 21.9 Å². The molecule has 242 valence electrons. The average molecular weight is 643 g/mol. The SMILES string of the molecule is CN(Cc1cccnc1)C(=O)C1CCN(c2ccnc3c2c(C=C2Oc4ccc(NC(=O)Nc5cccnc5)cc4C2=O)cn3C)CC1. The monoisotopic (exact) mass is 642 g/mol. The molecule has 12 nitrogen and oxygen atoms in total. The van der Waals surface area contributed by atoms with E-state index in [0.717, 1.165) is 40.7 Å². The van der Waals surface area contributed by atoms with Crippen LogP contribution < -0.4 is 20.3 Å². The number of allylic oxidation sites excluding steroid dienone is 1. The minimum Gasteiger partial charge on any atom is -0.452 e. The van der Waals surface area contributed by atoms with E-state index in [2.05, 4.69) is 30.5 Å². The Hall–Kier alpha value is -6.04. The molecular formula is C36H34N8O4. The lowest BCUT2D eigenvalue weighted by molar-refractivity contribution is -0.135. The molecule has 0 saturated carbocycles. The molecule has 1 saturated heterocycles. The molecular weight excluding hydrogens is 608 g/mol. The maximum atomic E-state index is 13.5. The number of fused-ring (bicyclic) bond motifs is 2. The molecule has 0 spiro atoms. The van der Waals surface area contributed by atoms with Crippen molar-refractivity contribution in [2.24, 2.45) is 13.0 Å². The second-order valence-corrected chi connectivity index (χ2v) is 12.0. The highest BCUT2D eigenvalue weighted by Gasteiger charge is 2.31. The fraction of sp³-hybridized carbons (Fsp3) is 0.222. The van der Waals surface area contributed by atoms with Crippen LogP contribution in [0.2, 0.25) is 0 Å². The molecule has 48 heavy (non-hydrogen) atoms. The number of anilines is 3. The van der Waals surface area contributed by atoms with E-state index in [0.29, 0.717) is 42.3 Å². The van der Waals surface area contributed by atoms with E-state index >= 15 is 0 Å². The topological polar surface area (TPSA) is 135 Å². The molecule has 0 atom stereocenters. The quantitative estimate of drug-likeness (QED) is 0.222. The highest BCUT2D eigenvalue weighted by atomic mass is 16.5. The number of aromatic nitrogens is 4. The predicted octanol–water partition coefficient (Wildman–Crippen LogP) is 5.50. The molecule has 12 heteroatoms. The van der Waals surface area contributed by atoms with Crippen molar-refractivity contribution in [3.8, 4) is 5.75 Å². The summed E-state index contributed by atoms with van der Waals surface area (Å²) in [4.78, 5) is 56.2. The van der Waals surface area contributed by atoms with Crippen molar-refractivity contribution < 1.29 is 19.1 Å². The van der Waals surface area contributed by atoms with Gasteiger partial charge in [-0.3, -0.25) is 19.6 Å². The molecule has 6 heterocycles. The zero-order chi connectivity index (χ0) is 33.2. The molecule has 0 unspecified atom stereocenters. The second-order valence-electron chi connectivity index (χ2n) is 12.0. The van der Waals surface area contributed by atoms with Crippen molar-refractivity contribution in [2.75, 3.05) is 35.7 Å². The average Bonchev–Trinajstić information content (AvgIpc) is 3.60. The fourth-order valence-corrected chi connectivity index (χ4v) is 6.35. The number of carbonyl (C=O) groups excluding carboxylic acids is 3. The van der Waals surface area contributed by atoms with E-state index < -0.39 is 6.03 Å². The van der Waals surface area contributed by atoms with Gasteiger partial charge in [0.15, 0.2) is 5.76 Å². The number of nitrogens with zero attached hydrogens (tertiary/aromatic N) is 6. The van der Waals surface area contributed by atoms with Crippen molar-refractivity contribution in [1.29, 1.82) is 0 Å². The van der Waals surface area contributed by atoms with Gasteiger partial charge in [0.1, 0.15) is 11.4 Å². The van der Waals surface area contributed by atoms with E-state index in [1.54, 1.807) is 72.3 Å². The summed E-state index contributed by atoms with van der Waals surface area (Å²) in [6.07, 6.45) is 13.6. The summed E-state index contributed by atoms with van der Waals surface area (Å²) in [5.41, 5.74) is 4.94. The summed E-state index contributed by atoms with van der Waals surface area (Å²) in [7, 11) is 3.77. The van der Waals surface area contributed by atoms with E-state index in [1.807, 2.05) is 43.1 Å². The summed E-state index contributed by atoms with van der Waals surface area (Å²) in [6, 6.07) is 13.8. The van der Waals surface area contributed by atoms with Gasteiger partial charge in [-0.2, -0.15) is 0 Å². The smallest absolute Gasteiger partial charge is 0.323 e. The Kier molecular flexibility index (Phi) is 8.28. The number of pyridine rings is 3. The van der Waals surface area contributed by atoms with Gasteiger partial charge in [0.2, 0.25) is 11.7 Å². The van der Waals surface area contributed by atoms with E-state index in [9.17, 15) is 14.4 Å². The van der Waals surface area contributed by atoms with Crippen LogP contribution in [0.3, 0.4) is 0 Å². The van der Waals surface area contributed by atoms with Crippen molar-refractivity contribution in [1.82, 2.24) is 24.4 Å². The Morgan fingerprint density at radius 1 is 1.00 bits per heavy atom. The number of hydrogen-bond acceptors (Lipinski definition) is 8. The van der Waals surface area contributed by atoms with Gasteiger partial charge in [-0.15, -0.1) is 0 Å². The Balaban J connectivity index is 1.07. The second kappa shape index (κ2) is 13.0. The first kappa shape index (κ1) is 30.6. The van der Waals surface area contributed by atoms with Crippen molar-refractivity contribution in [3.05, 3.63) is 108 Å². The third kappa shape index (κ3) is 6.19. The van der Waals surface area contributed by atoms with Crippen LogP contribution in [0.5, 0.6) is 5.75 Å². The molecule has 5 aromatic rings. The number of ether oxygens (including phenoxy) is 1. The molecule has 1 aromatic carbocycles. The predicted molar refractivity (Wildman–Crippen MR) is 183 cm³/mol. The van der Waals surface area contributed by atoms with Gasteiger partial charge in [-0.1, -0.05) is 6.07 Å². The molecule has 2 N–H and O–H groups in total. The molecule has 4 aromatic heterocycles. The number of urea groups is 1. The first-order valence-corrected chi connectivity index (χ1v) is 15.7. The number of Topliss-reactive ketones (excluding diaryl/α,β-unsaturated/α-hetero) is 1. The molecule has 7 rings (SSSR count). The Morgan fingerprint density at radius 3 is 2.52 bits per heavy atom. The van der Waals surface area contributed by atoms with Gasteiger partial charge in [0.05, 0.1) is 17.4 Å². The van der Waals surface area contributed by atoms with Crippen LogP contribution in [-0.2, 0) is 18.4 Å². The highest BCUT2D eigenvalue weighted by molar-refractivity contribution is 6.16. The number of hydrogen-bond donors (Lipinski definition) is 2. The van der Waals surface area contributed by atoms with Gasteiger partial charge < -0.3 is 29.7 Å². The van der Waals surface area contributed by atoms with Gasteiger partial charge in [-0.05, 0) is 66.9 Å². The Labute approximate surface area is 277 Å². The van der Waals surface area contributed by atoms with Crippen LogP contribution in [0.15, 0.2) is 91.5 Å². The van der Waals surface area contributed by atoms with Crippen molar-refractivity contribution in [3.63, 3.8) is 0 Å². The molecule has 0 aliphatic carbocycles. The van der Waals surface area contributed by atoms with Gasteiger partial charge in [0, 0.05) is 93.0 Å². The first-order valence-electron chi connectivity index (χ1n) is 15.7. The number of ketones is 1. The van der Waals surface area contributed by atoms with Crippen LogP contribution in [-0.4, -0.2) is 62.3 Å². The maximum absolute atomic E-state index is 13.5. The lowest BCUT2D eigenvalue weighted by Gasteiger charge is -2.35. The molecule has 2 aliphatic heterocycles. The van der Waals surface area contributed by atoms with Gasteiger partial charge in [-0.25, -0.2) is 9.78 Å². The number of benzene rings is 1. The lowest BCUT2D eigenvalue weighted by Crippen LogP contribution is -2.41. The Morgan fingerprint density at radius 2 is 1.77 bits per heavy atom. The standard InChI is InChI=1S/C36H34N8O4/c1-42-22-25(17-31-33(45)28-18-26(7-8-30(28)48-31)40-36(47)41-27-6-4-13-38-20-27)32-29(9-14-39-34(32)42)44-15-10-24(11-16-44)35(46)43(2)21-23-5-3-12-37-19-23/h3-9,12-14,17-20,22,24H,10-11,15-16,21H2,1-2H3,(H2,40,41,47). The minimum absolute atomic E-state index is 0.0542. The highest BCUT2D eigenvalue weighted by Crippen LogP contribution is 2.37. The summed E-state index contributed by atoms with van der Waals surface area (Å²) in [6.45, 7) is 1.96.